The first-order chi connectivity index (χ1) is 9.70. The molecule has 0 bridgehead atoms. The second-order valence-corrected chi connectivity index (χ2v) is 5.37. The van der Waals surface area contributed by atoms with Crippen LogP contribution in [0.5, 0.6) is 0 Å². The molecule has 20 heavy (non-hydrogen) atoms. The van der Waals surface area contributed by atoms with Crippen LogP contribution in [-0.2, 0) is 18.3 Å². The molecular formula is C13H15N4O2S+. The fourth-order valence-electron chi connectivity index (χ4n) is 2.17. The maximum atomic E-state index is 12.1. The molecule has 0 amide bonds. The highest BCUT2D eigenvalue weighted by Crippen LogP contribution is 2.17. The topological polar surface area (TPSA) is 63.8 Å². The molecule has 0 saturated heterocycles. The van der Waals surface area contributed by atoms with Crippen LogP contribution in [0.2, 0.25) is 0 Å². The van der Waals surface area contributed by atoms with Gasteiger partial charge in [-0.1, -0.05) is 0 Å². The van der Waals surface area contributed by atoms with E-state index in [2.05, 4.69) is 9.97 Å². The van der Waals surface area contributed by atoms with Crippen molar-refractivity contribution in [2.24, 2.45) is 7.05 Å². The van der Waals surface area contributed by atoms with Crippen LogP contribution >= 0.6 is 11.3 Å². The summed E-state index contributed by atoms with van der Waals surface area (Å²) in [6.07, 6.45) is 3.89. The Hall–Kier alpha value is -1.99. The van der Waals surface area contributed by atoms with Crippen LogP contribution in [-0.4, -0.2) is 28.3 Å². The zero-order chi connectivity index (χ0) is 14.1. The molecular weight excluding hydrogens is 276 g/mol. The maximum Gasteiger partial charge on any atom is 0.325 e. The fourth-order valence-corrected chi connectivity index (χ4v) is 2.93. The number of aromatic amines is 1. The number of nitrogens with zero attached hydrogens (tertiary/aromatic N) is 3. The average Bonchev–Trinajstić information content (AvgIpc) is 3.03. The minimum Gasteiger partial charge on any atom is -0.381 e. The summed E-state index contributed by atoms with van der Waals surface area (Å²) in [5.41, 5.74) is -0.106. The summed E-state index contributed by atoms with van der Waals surface area (Å²) >= 11 is 1.47. The second kappa shape index (κ2) is 5.18. The number of hydrogen-bond acceptors (Lipinski definition) is 4. The lowest BCUT2D eigenvalue weighted by Gasteiger charge is -2.02. The van der Waals surface area contributed by atoms with Crippen molar-refractivity contribution in [3.8, 4) is 11.6 Å². The van der Waals surface area contributed by atoms with Crippen LogP contribution in [0, 0.1) is 0 Å². The highest BCUT2D eigenvalue weighted by molar-refractivity contribution is 7.16. The number of ether oxygens (including phenoxy) is 1. The van der Waals surface area contributed by atoms with Gasteiger partial charge in [0, 0.05) is 7.11 Å². The van der Waals surface area contributed by atoms with E-state index in [1.165, 1.54) is 11.3 Å². The van der Waals surface area contributed by atoms with Gasteiger partial charge in [0.1, 0.15) is 23.8 Å². The Morgan fingerprint density at radius 2 is 2.40 bits per heavy atom. The van der Waals surface area contributed by atoms with Crippen LogP contribution in [0.3, 0.4) is 0 Å². The van der Waals surface area contributed by atoms with E-state index >= 15 is 0 Å². The Labute approximate surface area is 119 Å². The fraction of sp³-hybridized carbons (Fsp3) is 0.308. The van der Waals surface area contributed by atoms with Gasteiger partial charge >= 0.3 is 5.82 Å². The van der Waals surface area contributed by atoms with Crippen LogP contribution in [0.1, 0.15) is 0 Å². The van der Waals surface area contributed by atoms with E-state index in [0.29, 0.717) is 24.4 Å². The molecule has 0 aliphatic heterocycles. The minimum absolute atomic E-state index is 0.106. The lowest BCUT2D eigenvalue weighted by Crippen LogP contribution is -2.31. The Morgan fingerprint density at radius 3 is 3.20 bits per heavy atom. The van der Waals surface area contributed by atoms with Crippen LogP contribution in [0.4, 0.5) is 0 Å². The predicted molar refractivity (Wildman–Crippen MR) is 76.7 cm³/mol. The van der Waals surface area contributed by atoms with E-state index in [0.717, 1.165) is 10.7 Å². The predicted octanol–water partition coefficient (Wildman–Crippen LogP) is 0.924. The van der Waals surface area contributed by atoms with E-state index in [1.807, 2.05) is 34.0 Å². The third-order valence-electron chi connectivity index (χ3n) is 3.16. The van der Waals surface area contributed by atoms with Crippen LogP contribution in [0.15, 0.2) is 28.6 Å². The van der Waals surface area contributed by atoms with Crippen molar-refractivity contribution in [1.29, 1.82) is 0 Å². The quantitative estimate of drug-likeness (QED) is 0.727. The van der Waals surface area contributed by atoms with Crippen molar-refractivity contribution >= 4 is 21.6 Å². The Bertz CT molecular complexity index is 802. The van der Waals surface area contributed by atoms with Gasteiger partial charge in [0.2, 0.25) is 5.82 Å². The summed E-state index contributed by atoms with van der Waals surface area (Å²) in [5.74, 6) is 1.43. The van der Waals surface area contributed by atoms with Crippen LogP contribution < -0.4 is 10.1 Å². The summed E-state index contributed by atoms with van der Waals surface area (Å²) in [7, 11) is 3.60. The molecule has 0 fully saturated rings. The van der Waals surface area contributed by atoms with Crippen molar-refractivity contribution in [3.63, 3.8) is 0 Å². The molecule has 0 atom stereocenters. The van der Waals surface area contributed by atoms with Crippen molar-refractivity contribution in [1.82, 2.24) is 14.5 Å². The first-order valence-corrected chi connectivity index (χ1v) is 7.10. The zero-order valence-corrected chi connectivity index (χ0v) is 12.1. The summed E-state index contributed by atoms with van der Waals surface area (Å²) < 4.78 is 9.06. The maximum absolute atomic E-state index is 12.1. The molecule has 0 aliphatic carbocycles. The molecule has 3 aromatic rings. The summed E-state index contributed by atoms with van der Waals surface area (Å²) in [5, 5.41) is 2.51. The molecule has 7 heteroatoms. The van der Waals surface area contributed by atoms with Gasteiger partial charge in [-0.25, -0.2) is 14.1 Å². The van der Waals surface area contributed by atoms with E-state index in [-0.39, 0.29) is 5.56 Å². The monoisotopic (exact) mass is 291 g/mol. The van der Waals surface area contributed by atoms with Gasteiger partial charge in [-0.15, -0.1) is 11.3 Å². The van der Waals surface area contributed by atoms with E-state index in [9.17, 15) is 4.79 Å². The van der Waals surface area contributed by atoms with E-state index in [4.69, 9.17) is 4.74 Å². The Kier molecular flexibility index (Phi) is 3.37. The van der Waals surface area contributed by atoms with Gasteiger partial charge in [0.15, 0.2) is 0 Å². The molecule has 0 spiro atoms. The number of imidazole rings is 1. The lowest BCUT2D eigenvalue weighted by atomic mass is 10.4. The van der Waals surface area contributed by atoms with Gasteiger partial charge < -0.3 is 4.74 Å². The SMILES string of the molecule is COCCn1cc[n+](C)c1-c1nc2sccc2c(=O)[nH]1. The normalized spacial score (nSPS) is 11.3. The van der Waals surface area contributed by atoms with Crippen molar-refractivity contribution < 1.29 is 9.30 Å². The minimum atomic E-state index is -0.106. The number of aromatic nitrogens is 4. The molecule has 1 N–H and O–H groups in total. The average molecular weight is 291 g/mol. The smallest absolute Gasteiger partial charge is 0.325 e. The van der Waals surface area contributed by atoms with Gasteiger partial charge in [-0.2, -0.15) is 0 Å². The van der Waals surface area contributed by atoms with Gasteiger partial charge in [-0.05, 0) is 11.4 Å². The summed E-state index contributed by atoms with van der Waals surface area (Å²) in [6, 6.07) is 1.79. The van der Waals surface area contributed by atoms with E-state index < -0.39 is 0 Å². The van der Waals surface area contributed by atoms with Crippen LogP contribution in [0.25, 0.3) is 21.9 Å². The number of thiophene rings is 1. The molecule has 0 saturated carbocycles. The molecule has 0 unspecified atom stereocenters. The molecule has 0 aromatic carbocycles. The first kappa shape index (κ1) is 13.0. The number of H-pyrrole nitrogens is 1. The molecule has 6 nitrogen and oxygen atoms in total. The largest absolute Gasteiger partial charge is 0.381 e. The number of methoxy groups -OCH3 is 1. The number of fused-ring (bicyclic) bond motifs is 1. The standard InChI is InChI=1S/C13H14N4O2S/c1-16-4-5-17(6-7-19-2)13(16)10-14-11(18)9-3-8-20-12(9)15-10/h3-5,8H,6-7H2,1-2H3/p+1. The molecule has 3 aromatic heterocycles. The highest BCUT2D eigenvalue weighted by Gasteiger charge is 2.20. The zero-order valence-electron chi connectivity index (χ0n) is 11.3. The first-order valence-electron chi connectivity index (χ1n) is 6.22. The second-order valence-electron chi connectivity index (χ2n) is 4.47. The van der Waals surface area contributed by atoms with Gasteiger partial charge in [-0.3, -0.25) is 9.78 Å². The Morgan fingerprint density at radius 1 is 1.55 bits per heavy atom. The highest BCUT2D eigenvalue weighted by atomic mass is 32.1. The summed E-state index contributed by atoms with van der Waals surface area (Å²) in [6.45, 7) is 1.31. The van der Waals surface area contributed by atoms with Gasteiger partial charge in [0.05, 0.1) is 19.0 Å². The number of rotatable bonds is 4. The summed E-state index contributed by atoms with van der Waals surface area (Å²) in [4.78, 5) is 20.2. The third kappa shape index (κ3) is 2.14. The van der Waals surface area contributed by atoms with Crippen molar-refractivity contribution in [2.45, 2.75) is 6.54 Å². The number of aryl methyl sites for hydroxylation is 1. The lowest BCUT2D eigenvalue weighted by molar-refractivity contribution is -0.660. The third-order valence-corrected chi connectivity index (χ3v) is 3.97. The Balaban J connectivity index is 2.15. The van der Waals surface area contributed by atoms with Gasteiger partial charge in [0.25, 0.3) is 5.56 Å². The number of nitrogens with one attached hydrogen (secondary N) is 1. The molecule has 3 rings (SSSR count). The molecule has 104 valence electrons. The molecule has 3 heterocycles. The van der Waals surface area contributed by atoms with E-state index in [1.54, 1.807) is 13.2 Å². The van der Waals surface area contributed by atoms with Crippen molar-refractivity contribution in [3.05, 3.63) is 34.2 Å². The van der Waals surface area contributed by atoms with Crippen molar-refractivity contribution in [2.75, 3.05) is 13.7 Å². The molecule has 0 radical (unpaired) electrons. The number of hydrogen-bond donors (Lipinski definition) is 1. The molecule has 0 aliphatic rings.